The molecule has 0 fully saturated rings. The number of halogens is 1. The lowest BCUT2D eigenvalue weighted by molar-refractivity contribution is 0.795. The van der Waals surface area contributed by atoms with Crippen LogP contribution in [0.15, 0.2) is 21.9 Å². The summed E-state index contributed by atoms with van der Waals surface area (Å²) >= 11 is 5.68. The fourth-order valence-corrected chi connectivity index (χ4v) is 2.22. The van der Waals surface area contributed by atoms with Crippen LogP contribution in [0.2, 0.25) is 0 Å². The van der Waals surface area contributed by atoms with Crippen molar-refractivity contribution >= 4 is 39.8 Å². The number of amidine groups is 1. The zero-order valence-corrected chi connectivity index (χ0v) is 12.8. The Bertz CT molecular complexity index is 741. The zero-order valence-electron chi connectivity index (χ0n) is 12.0. The van der Waals surface area contributed by atoms with E-state index >= 15 is 0 Å². The third-order valence-electron chi connectivity index (χ3n) is 3.25. The number of aryl methyl sites for hydroxylation is 2. The molecule has 0 aliphatic heterocycles. The van der Waals surface area contributed by atoms with Gasteiger partial charge in [-0.25, -0.2) is 9.79 Å². The predicted molar refractivity (Wildman–Crippen MR) is 84.5 cm³/mol. The molecule has 7 heteroatoms. The predicted octanol–water partition coefficient (Wildman–Crippen LogP) is 1.17. The highest BCUT2D eigenvalue weighted by Crippen LogP contribution is 2.32. The van der Waals surface area contributed by atoms with E-state index < -0.39 is 0 Å². The molecular weight excluding hydrogens is 278 g/mol. The summed E-state index contributed by atoms with van der Waals surface area (Å²) in [5, 5.41) is 0. The van der Waals surface area contributed by atoms with E-state index in [0.29, 0.717) is 11.5 Å². The van der Waals surface area contributed by atoms with Crippen molar-refractivity contribution in [3.05, 3.63) is 22.6 Å². The highest BCUT2D eigenvalue weighted by Gasteiger charge is 2.13. The number of hydrogen-bond donors (Lipinski definition) is 1. The molecule has 2 aromatic rings. The molecule has 0 saturated carbocycles. The molecule has 1 heterocycles. The quantitative estimate of drug-likeness (QED) is 0.525. The minimum absolute atomic E-state index is 0.0730. The molecule has 0 aliphatic rings. The van der Waals surface area contributed by atoms with Crippen molar-refractivity contribution in [1.29, 1.82) is 0 Å². The molecule has 0 aliphatic carbocycles. The molecule has 0 amide bonds. The molecule has 1 aromatic carbocycles. The van der Waals surface area contributed by atoms with E-state index in [4.69, 9.17) is 17.3 Å². The van der Waals surface area contributed by atoms with Crippen molar-refractivity contribution in [3.63, 3.8) is 0 Å². The van der Waals surface area contributed by atoms with Crippen LogP contribution in [0.3, 0.4) is 0 Å². The molecule has 1 aromatic heterocycles. The Morgan fingerprint density at radius 1 is 1.30 bits per heavy atom. The van der Waals surface area contributed by atoms with Crippen LogP contribution in [0.5, 0.6) is 0 Å². The summed E-state index contributed by atoms with van der Waals surface area (Å²) in [7, 11) is 7.31. The van der Waals surface area contributed by atoms with Crippen LogP contribution in [-0.4, -0.2) is 34.9 Å². The van der Waals surface area contributed by atoms with Crippen LogP contribution >= 0.6 is 11.6 Å². The monoisotopic (exact) mass is 295 g/mol. The Hall–Kier alpha value is -1.95. The number of aliphatic imine (C=N–C) groups is 1. The lowest BCUT2D eigenvalue weighted by atomic mass is 10.2. The Balaban J connectivity index is 2.83. The number of anilines is 1. The van der Waals surface area contributed by atoms with Gasteiger partial charge in [0.2, 0.25) is 0 Å². The molecule has 0 unspecified atom stereocenters. The molecule has 108 valence electrons. The number of alkyl halides is 1. The summed E-state index contributed by atoms with van der Waals surface area (Å²) < 4.78 is 3.20. The standard InChI is InChI=1S/C13H18ClN5O/c1-17(2)9-6-11-10(18(3)13(20)19(11)4)5-8(9)16-12(15)7-14/h5-6H,7H2,1-4H3,(H2,15,16). The van der Waals surface area contributed by atoms with Crippen LogP contribution in [0, 0.1) is 0 Å². The Morgan fingerprint density at radius 3 is 2.35 bits per heavy atom. The number of nitrogens with zero attached hydrogens (tertiary/aromatic N) is 4. The van der Waals surface area contributed by atoms with Gasteiger partial charge in [0.1, 0.15) is 5.84 Å². The van der Waals surface area contributed by atoms with E-state index in [1.807, 2.05) is 31.1 Å². The largest absolute Gasteiger partial charge is 0.386 e. The van der Waals surface area contributed by atoms with Crippen LogP contribution in [0.25, 0.3) is 11.0 Å². The second kappa shape index (κ2) is 5.20. The number of hydrogen-bond acceptors (Lipinski definition) is 3. The Labute approximate surface area is 122 Å². The minimum atomic E-state index is -0.0730. The fraction of sp³-hybridized carbons (Fsp3) is 0.385. The normalized spacial score (nSPS) is 12.2. The molecule has 0 radical (unpaired) electrons. The van der Waals surface area contributed by atoms with Gasteiger partial charge in [0, 0.05) is 28.2 Å². The van der Waals surface area contributed by atoms with Gasteiger partial charge in [-0.15, -0.1) is 11.6 Å². The average Bonchev–Trinajstić information content (AvgIpc) is 2.62. The van der Waals surface area contributed by atoms with Crippen LogP contribution < -0.4 is 16.3 Å². The van der Waals surface area contributed by atoms with Gasteiger partial charge in [-0.1, -0.05) is 0 Å². The minimum Gasteiger partial charge on any atom is -0.386 e. The summed E-state index contributed by atoms with van der Waals surface area (Å²) in [5.41, 5.74) is 8.88. The SMILES string of the molecule is CN(C)c1cc2c(cc1N=C(N)CCl)n(C)c(=O)n2C. The number of imidazole rings is 1. The van der Waals surface area contributed by atoms with E-state index in [-0.39, 0.29) is 11.6 Å². The van der Waals surface area contributed by atoms with Gasteiger partial charge >= 0.3 is 5.69 Å². The molecule has 0 spiro atoms. The second-order valence-electron chi connectivity index (χ2n) is 4.86. The first-order chi connectivity index (χ1) is 9.36. The van der Waals surface area contributed by atoms with Crippen LogP contribution in [0.1, 0.15) is 0 Å². The van der Waals surface area contributed by atoms with Gasteiger partial charge in [-0.05, 0) is 12.1 Å². The van der Waals surface area contributed by atoms with E-state index in [1.54, 1.807) is 23.2 Å². The summed E-state index contributed by atoms with van der Waals surface area (Å²) in [6.45, 7) is 0. The van der Waals surface area contributed by atoms with Gasteiger partial charge in [-0.3, -0.25) is 9.13 Å². The lowest BCUT2D eigenvalue weighted by Crippen LogP contribution is -2.19. The molecule has 2 rings (SSSR count). The number of rotatable bonds is 3. The third-order valence-corrected chi connectivity index (χ3v) is 3.52. The van der Waals surface area contributed by atoms with Gasteiger partial charge in [0.05, 0.1) is 28.3 Å². The maximum Gasteiger partial charge on any atom is 0.328 e. The third kappa shape index (κ3) is 2.27. The summed E-state index contributed by atoms with van der Waals surface area (Å²) in [6, 6.07) is 3.78. The van der Waals surface area contributed by atoms with Gasteiger partial charge in [-0.2, -0.15) is 0 Å². The Kier molecular flexibility index (Phi) is 3.76. The molecule has 20 heavy (non-hydrogen) atoms. The molecule has 2 N–H and O–H groups in total. The van der Waals surface area contributed by atoms with Crippen molar-refractivity contribution in [1.82, 2.24) is 9.13 Å². The zero-order chi connectivity index (χ0) is 15.0. The molecule has 0 bridgehead atoms. The average molecular weight is 296 g/mol. The molecule has 6 nitrogen and oxygen atoms in total. The molecule has 0 saturated heterocycles. The van der Waals surface area contributed by atoms with Crippen molar-refractivity contribution < 1.29 is 0 Å². The number of benzene rings is 1. The van der Waals surface area contributed by atoms with Crippen molar-refractivity contribution in [2.45, 2.75) is 0 Å². The highest BCUT2D eigenvalue weighted by atomic mass is 35.5. The Morgan fingerprint density at radius 2 is 1.85 bits per heavy atom. The smallest absolute Gasteiger partial charge is 0.328 e. The van der Waals surface area contributed by atoms with E-state index in [0.717, 1.165) is 16.7 Å². The number of nitrogens with two attached hydrogens (primary N) is 1. The summed E-state index contributed by atoms with van der Waals surface area (Å²) in [4.78, 5) is 18.2. The van der Waals surface area contributed by atoms with Gasteiger partial charge in [0.15, 0.2) is 0 Å². The van der Waals surface area contributed by atoms with E-state index in [2.05, 4.69) is 4.99 Å². The maximum absolute atomic E-state index is 12.0. The van der Waals surface area contributed by atoms with Crippen LogP contribution in [-0.2, 0) is 14.1 Å². The topological polar surface area (TPSA) is 68.5 Å². The van der Waals surface area contributed by atoms with Crippen molar-refractivity contribution in [3.8, 4) is 0 Å². The maximum atomic E-state index is 12.0. The van der Waals surface area contributed by atoms with Crippen molar-refractivity contribution in [2.24, 2.45) is 24.8 Å². The molecule has 0 atom stereocenters. The summed E-state index contributed by atoms with van der Waals surface area (Å²) in [6.07, 6.45) is 0. The number of aromatic nitrogens is 2. The first kappa shape index (κ1) is 14.5. The van der Waals surface area contributed by atoms with Crippen LogP contribution in [0.4, 0.5) is 11.4 Å². The van der Waals surface area contributed by atoms with E-state index in [9.17, 15) is 4.79 Å². The van der Waals surface area contributed by atoms with Crippen molar-refractivity contribution in [2.75, 3.05) is 24.9 Å². The van der Waals surface area contributed by atoms with Gasteiger partial charge < -0.3 is 10.6 Å². The second-order valence-corrected chi connectivity index (χ2v) is 5.13. The first-order valence-corrected chi connectivity index (χ1v) is 6.66. The lowest BCUT2D eigenvalue weighted by Gasteiger charge is -2.16. The van der Waals surface area contributed by atoms with Gasteiger partial charge in [0.25, 0.3) is 0 Å². The number of fused-ring (bicyclic) bond motifs is 1. The highest BCUT2D eigenvalue weighted by molar-refractivity contribution is 6.28. The van der Waals surface area contributed by atoms with E-state index in [1.165, 1.54) is 0 Å². The molecular formula is C13H18ClN5O. The first-order valence-electron chi connectivity index (χ1n) is 6.12. The summed E-state index contributed by atoms with van der Waals surface area (Å²) in [5.74, 6) is 0.508. The fourth-order valence-electron chi connectivity index (χ4n) is 2.16.